The number of halogens is 1. The summed E-state index contributed by atoms with van der Waals surface area (Å²) in [6.07, 6.45) is 8.86. The van der Waals surface area contributed by atoms with Gasteiger partial charge in [-0.25, -0.2) is 4.98 Å². The van der Waals surface area contributed by atoms with E-state index in [-0.39, 0.29) is 17.1 Å². The molecule has 2 N–H and O–H groups in total. The molecule has 3 aliphatic rings. The summed E-state index contributed by atoms with van der Waals surface area (Å²) >= 11 is 7.18. The van der Waals surface area contributed by atoms with Crippen LogP contribution in [0.15, 0.2) is 35.5 Å². The van der Waals surface area contributed by atoms with Crippen molar-refractivity contribution in [2.75, 3.05) is 6.54 Å². The molecule has 8 heteroatoms. The summed E-state index contributed by atoms with van der Waals surface area (Å²) in [5.41, 5.74) is 0.447. The van der Waals surface area contributed by atoms with Crippen molar-refractivity contribution in [1.29, 1.82) is 0 Å². The monoisotopic (exact) mass is 390 g/mol. The Hall–Kier alpha value is -1.86. The normalized spacial score (nSPS) is 29.1. The van der Waals surface area contributed by atoms with Crippen LogP contribution in [0, 0.1) is 11.8 Å². The molecule has 1 aromatic heterocycles. The van der Waals surface area contributed by atoms with Crippen LogP contribution < -0.4 is 10.6 Å². The number of amidine groups is 1. The number of thioether (sulfide) groups is 1. The smallest absolute Gasteiger partial charge is 0.261 e. The Bertz CT molecular complexity index is 780. The number of aliphatic imine (C=N–C) groups is 1. The number of carbonyl (C=O) groups is 2. The lowest BCUT2D eigenvalue weighted by atomic mass is 10.0. The minimum Gasteiger partial charge on any atom is -0.361 e. The standard InChI is InChI=1S/C18H19ClN4O2S/c19-15-4-3-12(9-21-15)16(24)20-6-5-14-17(25)23-18(26-14)22-13-8-10-1-2-11(13)7-10/h1-4,9-11,13-14H,5-8H2,(H,20,24)(H,22,23,25). The van der Waals surface area contributed by atoms with Gasteiger partial charge in [0.1, 0.15) is 5.15 Å². The van der Waals surface area contributed by atoms with Crippen LogP contribution in [0.4, 0.5) is 0 Å². The van der Waals surface area contributed by atoms with Gasteiger partial charge in [-0.1, -0.05) is 35.5 Å². The second-order valence-electron chi connectivity index (χ2n) is 6.81. The van der Waals surface area contributed by atoms with E-state index in [1.807, 2.05) is 0 Å². The molecule has 6 nitrogen and oxygen atoms in total. The fourth-order valence-corrected chi connectivity index (χ4v) is 4.80. The van der Waals surface area contributed by atoms with Crippen LogP contribution in [0.5, 0.6) is 0 Å². The third-order valence-corrected chi connectivity index (χ3v) is 6.39. The Morgan fingerprint density at radius 3 is 2.88 bits per heavy atom. The summed E-state index contributed by atoms with van der Waals surface area (Å²) in [4.78, 5) is 32.2. The quantitative estimate of drug-likeness (QED) is 0.595. The van der Waals surface area contributed by atoms with Crippen molar-refractivity contribution in [1.82, 2.24) is 15.6 Å². The van der Waals surface area contributed by atoms with E-state index in [1.165, 1.54) is 24.4 Å². The number of hydrogen-bond donors (Lipinski definition) is 2. The van der Waals surface area contributed by atoms with Crippen molar-refractivity contribution in [3.8, 4) is 0 Å². The molecule has 2 amide bonds. The third kappa shape index (κ3) is 3.78. The molecule has 1 aromatic rings. The van der Waals surface area contributed by atoms with Gasteiger partial charge in [0, 0.05) is 18.8 Å². The number of aromatic nitrogens is 1. The van der Waals surface area contributed by atoms with Crippen molar-refractivity contribution in [2.24, 2.45) is 16.8 Å². The Morgan fingerprint density at radius 2 is 2.19 bits per heavy atom. The Morgan fingerprint density at radius 1 is 1.31 bits per heavy atom. The third-order valence-electron chi connectivity index (χ3n) is 5.01. The number of rotatable bonds is 5. The van der Waals surface area contributed by atoms with Crippen molar-refractivity contribution in [2.45, 2.75) is 30.6 Å². The predicted molar refractivity (Wildman–Crippen MR) is 102 cm³/mol. The molecular weight excluding hydrogens is 372 g/mol. The highest BCUT2D eigenvalue weighted by molar-refractivity contribution is 8.15. The lowest BCUT2D eigenvalue weighted by molar-refractivity contribution is -0.117. The van der Waals surface area contributed by atoms with Crippen molar-refractivity contribution < 1.29 is 9.59 Å². The van der Waals surface area contributed by atoms with Gasteiger partial charge >= 0.3 is 0 Å². The molecule has 0 aromatic carbocycles. The van der Waals surface area contributed by atoms with E-state index >= 15 is 0 Å². The summed E-state index contributed by atoms with van der Waals surface area (Å²) < 4.78 is 0. The molecule has 136 valence electrons. The van der Waals surface area contributed by atoms with Crippen LogP contribution in [-0.4, -0.2) is 39.8 Å². The lowest BCUT2D eigenvalue weighted by Crippen LogP contribution is -2.35. The maximum atomic E-state index is 12.1. The molecule has 4 unspecified atom stereocenters. The van der Waals surface area contributed by atoms with E-state index in [4.69, 9.17) is 11.6 Å². The summed E-state index contributed by atoms with van der Waals surface area (Å²) in [5, 5.41) is 7.07. The van der Waals surface area contributed by atoms with Gasteiger partial charge in [0.2, 0.25) is 0 Å². The minimum absolute atomic E-state index is 0.126. The first-order valence-electron chi connectivity index (χ1n) is 8.72. The van der Waals surface area contributed by atoms with Crippen molar-refractivity contribution in [3.05, 3.63) is 41.2 Å². The maximum Gasteiger partial charge on any atom is 0.261 e. The minimum atomic E-state index is -0.240. The topological polar surface area (TPSA) is 83.5 Å². The van der Waals surface area contributed by atoms with Gasteiger partial charge in [-0.2, -0.15) is 4.99 Å². The van der Waals surface area contributed by atoms with E-state index in [9.17, 15) is 9.59 Å². The van der Waals surface area contributed by atoms with Gasteiger partial charge in [-0.15, -0.1) is 0 Å². The molecule has 0 radical (unpaired) electrons. The van der Waals surface area contributed by atoms with Gasteiger partial charge in [0.15, 0.2) is 5.17 Å². The number of hydrogen-bond acceptors (Lipinski definition) is 5. The molecule has 2 bridgehead atoms. The molecule has 26 heavy (non-hydrogen) atoms. The second-order valence-corrected chi connectivity index (χ2v) is 8.39. The Kier molecular flexibility index (Phi) is 5.00. The number of pyridine rings is 1. The van der Waals surface area contributed by atoms with E-state index < -0.39 is 0 Å². The zero-order valence-electron chi connectivity index (χ0n) is 14.0. The number of carbonyl (C=O) groups excluding carboxylic acids is 2. The van der Waals surface area contributed by atoms with E-state index in [1.54, 1.807) is 12.1 Å². The molecule has 4 rings (SSSR count). The Balaban J connectivity index is 1.22. The zero-order chi connectivity index (χ0) is 18.1. The van der Waals surface area contributed by atoms with E-state index in [0.717, 1.165) is 11.6 Å². The SMILES string of the molecule is O=C(NCCC1SC(NC2CC3C=CC2C3)=NC1=O)c1ccc(Cl)nc1. The first-order valence-corrected chi connectivity index (χ1v) is 9.98. The highest BCUT2D eigenvalue weighted by Gasteiger charge is 2.38. The van der Waals surface area contributed by atoms with Crippen LogP contribution in [-0.2, 0) is 4.79 Å². The van der Waals surface area contributed by atoms with Crippen molar-refractivity contribution >= 4 is 40.3 Å². The van der Waals surface area contributed by atoms with Crippen LogP contribution in [0.25, 0.3) is 0 Å². The maximum absolute atomic E-state index is 12.1. The van der Waals surface area contributed by atoms with Gasteiger partial charge in [-0.3, -0.25) is 9.59 Å². The van der Waals surface area contributed by atoms with Gasteiger partial charge in [-0.05, 0) is 43.2 Å². The Labute approximate surface area is 160 Å². The molecule has 0 saturated heterocycles. The molecule has 0 spiro atoms. The van der Waals surface area contributed by atoms with E-state index in [0.29, 0.717) is 41.6 Å². The summed E-state index contributed by atoms with van der Waals surface area (Å²) in [6, 6.07) is 3.58. The highest BCUT2D eigenvalue weighted by Crippen LogP contribution is 2.39. The molecular formula is C18H19ClN4O2S. The number of nitrogens with one attached hydrogen (secondary N) is 2. The lowest BCUT2D eigenvalue weighted by Gasteiger charge is -2.20. The van der Waals surface area contributed by atoms with Gasteiger partial charge < -0.3 is 10.6 Å². The number of allylic oxidation sites excluding steroid dienone is 1. The number of amides is 2. The second kappa shape index (κ2) is 7.40. The molecule has 1 saturated carbocycles. The number of fused-ring (bicyclic) bond motifs is 2. The fourth-order valence-electron chi connectivity index (χ4n) is 3.67. The molecule has 1 aliphatic heterocycles. The van der Waals surface area contributed by atoms with Crippen molar-refractivity contribution in [3.63, 3.8) is 0 Å². The van der Waals surface area contributed by atoms with Crippen LogP contribution in [0.3, 0.4) is 0 Å². The first-order chi connectivity index (χ1) is 12.6. The van der Waals surface area contributed by atoms with Crippen LogP contribution >= 0.6 is 23.4 Å². The predicted octanol–water partition coefficient (Wildman–Crippen LogP) is 2.41. The highest BCUT2D eigenvalue weighted by atomic mass is 35.5. The molecule has 2 heterocycles. The average Bonchev–Trinajstić information content (AvgIpc) is 3.32. The molecule has 2 aliphatic carbocycles. The largest absolute Gasteiger partial charge is 0.361 e. The van der Waals surface area contributed by atoms with Gasteiger partial charge in [0.05, 0.1) is 10.8 Å². The summed E-state index contributed by atoms with van der Waals surface area (Å²) in [6.45, 7) is 0.407. The number of nitrogens with zero attached hydrogens (tertiary/aromatic N) is 2. The van der Waals surface area contributed by atoms with E-state index in [2.05, 4.69) is 32.8 Å². The van der Waals surface area contributed by atoms with Crippen LogP contribution in [0.1, 0.15) is 29.6 Å². The summed E-state index contributed by atoms with van der Waals surface area (Å²) in [5.74, 6) is 0.884. The first kappa shape index (κ1) is 17.5. The average molecular weight is 391 g/mol. The van der Waals surface area contributed by atoms with Gasteiger partial charge in [0.25, 0.3) is 11.8 Å². The molecule has 1 fully saturated rings. The van der Waals surface area contributed by atoms with Crippen LogP contribution in [0.2, 0.25) is 5.15 Å². The fraction of sp³-hybridized carbons (Fsp3) is 0.444. The zero-order valence-corrected chi connectivity index (χ0v) is 15.6. The summed E-state index contributed by atoms with van der Waals surface area (Å²) in [7, 11) is 0. The molecule has 4 atom stereocenters.